The number of benzene rings is 1. The molecule has 1 heterocycles. The average molecular weight is 319 g/mol. The van der Waals surface area contributed by atoms with E-state index in [4.69, 9.17) is 10.5 Å². The van der Waals surface area contributed by atoms with Crippen LogP contribution in [-0.2, 0) is 9.59 Å². The monoisotopic (exact) mass is 319 g/mol. The highest BCUT2D eigenvalue weighted by atomic mass is 16.5. The van der Waals surface area contributed by atoms with Gasteiger partial charge in [0.2, 0.25) is 11.8 Å². The van der Waals surface area contributed by atoms with Crippen LogP contribution in [0.25, 0.3) is 0 Å². The van der Waals surface area contributed by atoms with Gasteiger partial charge in [-0.25, -0.2) is 0 Å². The molecular formula is C17H25N3O3. The molecule has 1 aliphatic heterocycles. The quantitative estimate of drug-likeness (QED) is 0.679. The number of carbonyl (C=O) groups is 2. The molecule has 1 aliphatic rings. The van der Waals surface area contributed by atoms with Crippen molar-refractivity contribution in [2.45, 2.75) is 32.1 Å². The van der Waals surface area contributed by atoms with E-state index in [1.165, 1.54) is 0 Å². The standard InChI is InChI=1S/C17H25N3O3/c18-16(21)9-12-23-15-4-2-14(3-5-15)20-17(22)6-1-13-7-10-19-11-8-13/h2-5,13,19H,1,6-12H2,(H2,18,21)(H,20,22). The molecule has 0 radical (unpaired) electrons. The molecule has 2 rings (SSSR count). The van der Waals surface area contributed by atoms with Gasteiger partial charge in [0.05, 0.1) is 13.0 Å². The number of hydrogen-bond donors (Lipinski definition) is 3. The average Bonchev–Trinajstić information content (AvgIpc) is 2.55. The molecule has 0 saturated carbocycles. The molecule has 6 nitrogen and oxygen atoms in total. The van der Waals surface area contributed by atoms with Crippen molar-refractivity contribution in [1.29, 1.82) is 0 Å². The van der Waals surface area contributed by atoms with Crippen molar-refractivity contribution in [3.8, 4) is 5.75 Å². The minimum Gasteiger partial charge on any atom is -0.493 e. The van der Waals surface area contributed by atoms with Crippen molar-refractivity contribution in [3.05, 3.63) is 24.3 Å². The second-order valence-corrected chi connectivity index (χ2v) is 5.87. The van der Waals surface area contributed by atoms with Gasteiger partial charge in [0.15, 0.2) is 0 Å². The molecule has 23 heavy (non-hydrogen) atoms. The fraction of sp³-hybridized carbons (Fsp3) is 0.529. The third kappa shape index (κ3) is 6.69. The van der Waals surface area contributed by atoms with Crippen molar-refractivity contribution in [3.63, 3.8) is 0 Å². The first-order chi connectivity index (χ1) is 11.1. The summed E-state index contributed by atoms with van der Waals surface area (Å²) in [5.41, 5.74) is 5.80. The highest BCUT2D eigenvalue weighted by Crippen LogP contribution is 2.19. The lowest BCUT2D eigenvalue weighted by atomic mass is 9.93. The summed E-state index contributed by atoms with van der Waals surface area (Å²) < 4.78 is 5.38. The van der Waals surface area contributed by atoms with Crippen LogP contribution in [-0.4, -0.2) is 31.5 Å². The van der Waals surface area contributed by atoms with Gasteiger partial charge in [-0.2, -0.15) is 0 Å². The Balaban J connectivity index is 1.69. The second kappa shape index (κ2) is 9.15. The molecule has 1 aromatic rings. The molecule has 6 heteroatoms. The Morgan fingerprint density at radius 1 is 1.17 bits per heavy atom. The van der Waals surface area contributed by atoms with E-state index >= 15 is 0 Å². The molecule has 4 N–H and O–H groups in total. The van der Waals surface area contributed by atoms with Gasteiger partial charge in [0.1, 0.15) is 5.75 Å². The van der Waals surface area contributed by atoms with E-state index in [1.54, 1.807) is 24.3 Å². The number of carbonyl (C=O) groups excluding carboxylic acids is 2. The van der Waals surface area contributed by atoms with E-state index in [0.717, 1.165) is 38.0 Å². The Hall–Kier alpha value is -2.08. The summed E-state index contributed by atoms with van der Waals surface area (Å²) in [5, 5.41) is 6.23. The van der Waals surface area contributed by atoms with Gasteiger partial charge < -0.3 is 21.1 Å². The molecule has 0 bridgehead atoms. The smallest absolute Gasteiger partial charge is 0.224 e. The van der Waals surface area contributed by atoms with Gasteiger partial charge in [-0.15, -0.1) is 0 Å². The maximum atomic E-state index is 12.0. The van der Waals surface area contributed by atoms with Gasteiger partial charge in [-0.1, -0.05) is 0 Å². The number of nitrogens with one attached hydrogen (secondary N) is 2. The van der Waals surface area contributed by atoms with Crippen LogP contribution >= 0.6 is 0 Å². The van der Waals surface area contributed by atoms with Crippen molar-refractivity contribution in [2.75, 3.05) is 25.0 Å². The first kappa shape index (κ1) is 17.3. The van der Waals surface area contributed by atoms with E-state index in [9.17, 15) is 9.59 Å². The number of piperidine rings is 1. The zero-order valence-corrected chi connectivity index (χ0v) is 13.3. The largest absolute Gasteiger partial charge is 0.493 e. The number of rotatable bonds is 8. The van der Waals surface area contributed by atoms with E-state index in [2.05, 4.69) is 10.6 Å². The lowest BCUT2D eigenvalue weighted by Crippen LogP contribution is -2.28. The Kier molecular flexibility index (Phi) is 6.87. The summed E-state index contributed by atoms with van der Waals surface area (Å²) in [5.74, 6) is 0.968. The number of anilines is 1. The SMILES string of the molecule is NC(=O)CCOc1ccc(NC(=O)CCC2CCNCC2)cc1. The first-order valence-electron chi connectivity index (χ1n) is 8.15. The molecule has 1 aromatic carbocycles. The van der Waals surface area contributed by atoms with Crippen molar-refractivity contribution < 1.29 is 14.3 Å². The highest BCUT2D eigenvalue weighted by Gasteiger charge is 2.14. The fourth-order valence-electron chi connectivity index (χ4n) is 2.63. The minimum absolute atomic E-state index is 0.0472. The second-order valence-electron chi connectivity index (χ2n) is 5.87. The van der Waals surface area contributed by atoms with Gasteiger partial charge in [-0.05, 0) is 62.5 Å². The highest BCUT2D eigenvalue weighted by molar-refractivity contribution is 5.90. The molecule has 1 saturated heterocycles. The predicted octanol–water partition coefficient (Wildman–Crippen LogP) is 1.66. The van der Waals surface area contributed by atoms with Crippen molar-refractivity contribution in [2.24, 2.45) is 11.7 Å². The molecule has 1 fully saturated rings. The van der Waals surface area contributed by atoms with Crippen LogP contribution in [0.4, 0.5) is 5.69 Å². The van der Waals surface area contributed by atoms with Gasteiger partial charge >= 0.3 is 0 Å². The van der Waals surface area contributed by atoms with E-state index < -0.39 is 0 Å². The Bertz CT molecular complexity index is 510. The molecule has 0 spiro atoms. The van der Waals surface area contributed by atoms with Crippen molar-refractivity contribution >= 4 is 17.5 Å². The normalized spacial score (nSPS) is 15.1. The van der Waals surface area contributed by atoms with Gasteiger partial charge in [0, 0.05) is 12.1 Å². The fourth-order valence-corrected chi connectivity index (χ4v) is 2.63. The Labute approximate surface area is 136 Å². The lowest BCUT2D eigenvalue weighted by molar-refractivity contribution is -0.118. The van der Waals surface area contributed by atoms with Crippen LogP contribution in [0, 0.1) is 5.92 Å². The maximum Gasteiger partial charge on any atom is 0.224 e. The molecule has 0 unspecified atom stereocenters. The zero-order chi connectivity index (χ0) is 16.5. The van der Waals surface area contributed by atoms with Crippen LogP contribution in [0.5, 0.6) is 5.75 Å². The summed E-state index contributed by atoms with van der Waals surface area (Å²) in [6.45, 7) is 2.38. The minimum atomic E-state index is -0.386. The third-order valence-corrected chi connectivity index (χ3v) is 3.99. The van der Waals surface area contributed by atoms with Crippen LogP contribution in [0.2, 0.25) is 0 Å². The lowest BCUT2D eigenvalue weighted by Gasteiger charge is -2.22. The number of nitrogens with two attached hydrogens (primary N) is 1. The van der Waals surface area contributed by atoms with Crippen LogP contribution in [0.15, 0.2) is 24.3 Å². The van der Waals surface area contributed by atoms with E-state index in [-0.39, 0.29) is 24.8 Å². The Morgan fingerprint density at radius 3 is 2.52 bits per heavy atom. The molecule has 0 atom stereocenters. The van der Waals surface area contributed by atoms with E-state index in [1.807, 2.05) is 0 Å². The number of amides is 2. The van der Waals surface area contributed by atoms with Gasteiger partial charge in [-0.3, -0.25) is 9.59 Å². The molecule has 0 aromatic heterocycles. The number of ether oxygens (including phenoxy) is 1. The van der Waals surface area contributed by atoms with Crippen LogP contribution in [0.3, 0.4) is 0 Å². The maximum absolute atomic E-state index is 12.0. The van der Waals surface area contributed by atoms with Crippen molar-refractivity contribution in [1.82, 2.24) is 5.32 Å². The summed E-state index contributed by atoms with van der Waals surface area (Å²) in [6, 6.07) is 7.12. The topological polar surface area (TPSA) is 93.5 Å². The number of hydrogen-bond acceptors (Lipinski definition) is 4. The zero-order valence-electron chi connectivity index (χ0n) is 13.3. The summed E-state index contributed by atoms with van der Waals surface area (Å²) in [7, 11) is 0. The molecule has 2 amide bonds. The van der Waals surface area contributed by atoms with Gasteiger partial charge in [0.25, 0.3) is 0 Å². The summed E-state index contributed by atoms with van der Waals surface area (Å²) >= 11 is 0. The first-order valence-corrected chi connectivity index (χ1v) is 8.15. The molecule has 0 aliphatic carbocycles. The summed E-state index contributed by atoms with van der Waals surface area (Å²) in [6.07, 6.45) is 4.01. The Morgan fingerprint density at radius 2 is 1.87 bits per heavy atom. The molecule has 126 valence electrons. The van der Waals surface area contributed by atoms with Crippen LogP contribution < -0.4 is 21.1 Å². The third-order valence-electron chi connectivity index (χ3n) is 3.99. The van der Waals surface area contributed by atoms with E-state index in [0.29, 0.717) is 18.1 Å². The molecular weight excluding hydrogens is 294 g/mol. The summed E-state index contributed by atoms with van der Waals surface area (Å²) in [4.78, 5) is 22.6. The van der Waals surface area contributed by atoms with Crippen LogP contribution in [0.1, 0.15) is 32.1 Å². The predicted molar refractivity (Wildman–Crippen MR) is 89.2 cm³/mol. The number of primary amides is 1.